The van der Waals surface area contributed by atoms with Gasteiger partial charge in [-0.2, -0.15) is 0 Å². The van der Waals surface area contributed by atoms with E-state index in [1.165, 1.54) is 16.1 Å². The molecular formula is C13H17N3S. The van der Waals surface area contributed by atoms with Gasteiger partial charge in [-0.25, -0.2) is 4.98 Å². The Labute approximate surface area is 106 Å². The molecule has 0 radical (unpaired) electrons. The van der Waals surface area contributed by atoms with Crippen molar-refractivity contribution in [3.8, 4) is 0 Å². The van der Waals surface area contributed by atoms with Crippen molar-refractivity contribution in [3.05, 3.63) is 45.7 Å². The first kappa shape index (κ1) is 12.2. The second-order valence-electron chi connectivity index (χ2n) is 4.13. The largest absolute Gasteiger partial charge is 0.305 e. The van der Waals surface area contributed by atoms with Gasteiger partial charge in [0, 0.05) is 29.9 Å². The van der Waals surface area contributed by atoms with Gasteiger partial charge in [-0.15, -0.1) is 11.3 Å². The molecule has 4 heteroatoms. The number of aryl methyl sites for hydroxylation is 2. The average Bonchev–Trinajstić information content (AvgIpc) is 2.67. The van der Waals surface area contributed by atoms with Crippen molar-refractivity contribution in [1.82, 2.24) is 15.3 Å². The number of thiazole rings is 1. The summed E-state index contributed by atoms with van der Waals surface area (Å²) in [5.41, 5.74) is 2.41. The molecule has 2 aromatic rings. The first-order valence-corrected chi connectivity index (χ1v) is 6.54. The number of hydrogen-bond donors (Lipinski definition) is 1. The molecule has 2 rings (SSSR count). The fourth-order valence-electron chi connectivity index (χ4n) is 1.81. The molecule has 2 aromatic heterocycles. The highest BCUT2D eigenvalue weighted by molar-refractivity contribution is 7.11. The Morgan fingerprint density at radius 3 is 2.59 bits per heavy atom. The summed E-state index contributed by atoms with van der Waals surface area (Å²) in [6.45, 7) is 7.18. The summed E-state index contributed by atoms with van der Waals surface area (Å²) >= 11 is 1.76. The third kappa shape index (κ3) is 3.11. The third-order valence-electron chi connectivity index (χ3n) is 2.71. The van der Waals surface area contributed by atoms with Crippen LogP contribution in [0.5, 0.6) is 0 Å². The van der Waals surface area contributed by atoms with Crippen LogP contribution in [0.15, 0.2) is 24.5 Å². The lowest BCUT2D eigenvalue weighted by atomic mass is 10.2. The summed E-state index contributed by atoms with van der Waals surface area (Å²) in [5, 5.41) is 4.62. The maximum absolute atomic E-state index is 4.57. The quantitative estimate of drug-likeness (QED) is 0.902. The van der Waals surface area contributed by atoms with Gasteiger partial charge in [0.15, 0.2) is 0 Å². The fourth-order valence-corrected chi connectivity index (χ4v) is 2.73. The first-order chi connectivity index (χ1) is 8.16. The molecule has 1 N–H and O–H groups in total. The van der Waals surface area contributed by atoms with Gasteiger partial charge in [0.05, 0.1) is 10.7 Å². The lowest BCUT2D eigenvalue weighted by molar-refractivity contribution is 0.561. The van der Waals surface area contributed by atoms with Gasteiger partial charge in [-0.1, -0.05) is 0 Å². The Kier molecular flexibility index (Phi) is 3.86. The van der Waals surface area contributed by atoms with E-state index in [0.29, 0.717) is 0 Å². The molecule has 0 aliphatic carbocycles. The van der Waals surface area contributed by atoms with E-state index < -0.39 is 0 Å². The Balaban J connectivity index is 1.98. The first-order valence-electron chi connectivity index (χ1n) is 5.73. The van der Waals surface area contributed by atoms with Crippen LogP contribution >= 0.6 is 11.3 Å². The average molecular weight is 247 g/mol. The molecule has 1 atom stereocenters. The van der Waals surface area contributed by atoms with Gasteiger partial charge in [-0.3, -0.25) is 4.98 Å². The van der Waals surface area contributed by atoms with Gasteiger partial charge in [0.2, 0.25) is 0 Å². The van der Waals surface area contributed by atoms with E-state index in [1.54, 1.807) is 11.3 Å². The molecule has 0 bridgehead atoms. The van der Waals surface area contributed by atoms with Gasteiger partial charge < -0.3 is 5.32 Å². The minimum atomic E-state index is 0.285. The van der Waals surface area contributed by atoms with Crippen molar-refractivity contribution < 1.29 is 0 Å². The van der Waals surface area contributed by atoms with E-state index in [-0.39, 0.29) is 6.04 Å². The van der Waals surface area contributed by atoms with Crippen LogP contribution < -0.4 is 5.32 Å². The zero-order chi connectivity index (χ0) is 12.3. The monoisotopic (exact) mass is 247 g/mol. The number of pyridine rings is 1. The number of nitrogens with one attached hydrogen (secondary N) is 1. The van der Waals surface area contributed by atoms with E-state index in [9.17, 15) is 0 Å². The van der Waals surface area contributed by atoms with E-state index in [0.717, 1.165) is 11.6 Å². The Morgan fingerprint density at radius 2 is 2.00 bits per heavy atom. The highest BCUT2D eigenvalue weighted by Crippen LogP contribution is 2.22. The molecule has 1 unspecified atom stereocenters. The second kappa shape index (κ2) is 5.38. The maximum Gasteiger partial charge on any atom is 0.0900 e. The standard InChI is InChI=1S/C13H17N3S/c1-9(13-10(2)17-11(3)16-13)15-8-12-4-6-14-7-5-12/h4-7,9,15H,8H2,1-3H3. The van der Waals surface area contributed by atoms with Crippen LogP contribution in [0.2, 0.25) is 0 Å². The minimum Gasteiger partial charge on any atom is -0.305 e. The van der Waals surface area contributed by atoms with Crippen LogP contribution in [0, 0.1) is 13.8 Å². The molecule has 17 heavy (non-hydrogen) atoms. The molecular weight excluding hydrogens is 230 g/mol. The lowest BCUT2D eigenvalue weighted by Gasteiger charge is -2.12. The Hall–Kier alpha value is -1.26. The maximum atomic E-state index is 4.57. The van der Waals surface area contributed by atoms with Crippen molar-refractivity contribution in [3.63, 3.8) is 0 Å². The van der Waals surface area contributed by atoms with Crippen molar-refractivity contribution in [2.24, 2.45) is 0 Å². The summed E-state index contributed by atoms with van der Waals surface area (Å²) in [4.78, 5) is 9.88. The molecule has 0 aromatic carbocycles. The predicted octanol–water partition coefficient (Wildman–Crippen LogP) is 3.01. The number of rotatable bonds is 4. The molecule has 2 heterocycles. The molecule has 90 valence electrons. The number of nitrogens with zero attached hydrogens (tertiary/aromatic N) is 2. The normalized spacial score (nSPS) is 12.6. The van der Waals surface area contributed by atoms with Crippen LogP contribution in [-0.4, -0.2) is 9.97 Å². The predicted molar refractivity (Wildman–Crippen MR) is 71.1 cm³/mol. The lowest BCUT2D eigenvalue weighted by Crippen LogP contribution is -2.19. The van der Waals surface area contributed by atoms with Crippen molar-refractivity contribution in [1.29, 1.82) is 0 Å². The zero-order valence-corrected chi connectivity index (χ0v) is 11.2. The van der Waals surface area contributed by atoms with E-state index in [4.69, 9.17) is 0 Å². The molecule has 0 aliphatic heterocycles. The fraction of sp³-hybridized carbons (Fsp3) is 0.385. The van der Waals surface area contributed by atoms with Gasteiger partial charge in [0.25, 0.3) is 0 Å². The van der Waals surface area contributed by atoms with Crippen LogP contribution in [0.4, 0.5) is 0 Å². The SMILES string of the molecule is Cc1nc(C(C)NCc2ccncc2)c(C)s1. The smallest absolute Gasteiger partial charge is 0.0900 e. The highest BCUT2D eigenvalue weighted by atomic mass is 32.1. The molecule has 0 saturated carbocycles. The molecule has 0 saturated heterocycles. The van der Waals surface area contributed by atoms with Crippen LogP contribution in [0.3, 0.4) is 0 Å². The number of aromatic nitrogens is 2. The summed E-state index contributed by atoms with van der Waals surface area (Å²) in [6.07, 6.45) is 3.64. The van der Waals surface area contributed by atoms with Crippen molar-refractivity contribution in [2.75, 3.05) is 0 Å². The van der Waals surface area contributed by atoms with Crippen LogP contribution in [0.1, 0.15) is 34.1 Å². The van der Waals surface area contributed by atoms with Crippen molar-refractivity contribution >= 4 is 11.3 Å². The van der Waals surface area contributed by atoms with Crippen LogP contribution in [0.25, 0.3) is 0 Å². The zero-order valence-electron chi connectivity index (χ0n) is 10.4. The molecule has 0 spiro atoms. The minimum absolute atomic E-state index is 0.285. The van der Waals surface area contributed by atoms with E-state index >= 15 is 0 Å². The van der Waals surface area contributed by atoms with E-state index in [2.05, 4.69) is 36.1 Å². The Bertz CT molecular complexity index is 479. The third-order valence-corrected chi connectivity index (χ3v) is 3.61. The summed E-state index contributed by atoms with van der Waals surface area (Å²) in [6, 6.07) is 4.34. The summed E-state index contributed by atoms with van der Waals surface area (Å²) in [7, 11) is 0. The topological polar surface area (TPSA) is 37.8 Å². The molecule has 3 nitrogen and oxygen atoms in total. The van der Waals surface area contributed by atoms with Crippen LogP contribution in [-0.2, 0) is 6.54 Å². The number of hydrogen-bond acceptors (Lipinski definition) is 4. The molecule has 0 amide bonds. The van der Waals surface area contributed by atoms with Gasteiger partial charge in [0.1, 0.15) is 0 Å². The van der Waals surface area contributed by atoms with Gasteiger partial charge >= 0.3 is 0 Å². The molecule has 0 aliphatic rings. The summed E-state index contributed by atoms with van der Waals surface area (Å²) < 4.78 is 0. The highest BCUT2D eigenvalue weighted by Gasteiger charge is 2.12. The molecule has 0 fully saturated rings. The van der Waals surface area contributed by atoms with Gasteiger partial charge in [-0.05, 0) is 38.5 Å². The van der Waals surface area contributed by atoms with E-state index in [1.807, 2.05) is 24.5 Å². The van der Waals surface area contributed by atoms with Crippen molar-refractivity contribution in [2.45, 2.75) is 33.4 Å². The summed E-state index contributed by atoms with van der Waals surface area (Å²) in [5.74, 6) is 0. The second-order valence-corrected chi connectivity index (χ2v) is 5.54. The Morgan fingerprint density at radius 1 is 1.29 bits per heavy atom.